The summed E-state index contributed by atoms with van der Waals surface area (Å²) in [7, 11) is 0. The molecule has 2 aromatic rings. The van der Waals surface area contributed by atoms with Crippen molar-refractivity contribution >= 4 is 22.8 Å². The number of hydrogen-bond donors (Lipinski definition) is 3. The van der Waals surface area contributed by atoms with Crippen LogP contribution in [-0.4, -0.2) is 28.3 Å². The van der Waals surface area contributed by atoms with Gasteiger partial charge in [0.2, 0.25) is 0 Å². The van der Waals surface area contributed by atoms with E-state index in [4.69, 9.17) is 4.42 Å². The number of oxazole rings is 1. The molecular formula is C17H21N3O3. The predicted molar refractivity (Wildman–Crippen MR) is 86.4 cm³/mol. The number of aliphatic hydroxyl groups is 1. The van der Waals surface area contributed by atoms with Crippen molar-refractivity contribution in [2.45, 2.75) is 56.6 Å². The molecule has 2 aliphatic carbocycles. The fraction of sp³-hybridized carbons (Fsp3) is 0.529. The minimum absolute atomic E-state index is 0.166. The molecule has 0 aliphatic heterocycles. The average Bonchev–Trinajstić information content (AvgIpc) is 3.29. The maximum Gasteiger partial charge on any atom is 0.319 e. The number of urea groups is 1. The Labute approximate surface area is 134 Å². The van der Waals surface area contributed by atoms with Gasteiger partial charge in [-0.3, -0.25) is 0 Å². The lowest BCUT2D eigenvalue weighted by Crippen LogP contribution is -2.46. The van der Waals surface area contributed by atoms with Gasteiger partial charge < -0.3 is 20.2 Å². The van der Waals surface area contributed by atoms with Crippen molar-refractivity contribution in [2.24, 2.45) is 0 Å². The van der Waals surface area contributed by atoms with Gasteiger partial charge in [-0.25, -0.2) is 9.78 Å². The Hall–Kier alpha value is -2.08. The summed E-state index contributed by atoms with van der Waals surface area (Å²) >= 11 is 0. The number of benzene rings is 1. The van der Waals surface area contributed by atoms with E-state index >= 15 is 0 Å². The van der Waals surface area contributed by atoms with Gasteiger partial charge in [0.15, 0.2) is 11.5 Å². The molecule has 0 radical (unpaired) electrons. The number of fused-ring (bicyclic) bond motifs is 1. The molecule has 0 bridgehead atoms. The van der Waals surface area contributed by atoms with Crippen LogP contribution in [0.2, 0.25) is 0 Å². The van der Waals surface area contributed by atoms with Crippen molar-refractivity contribution in [3.63, 3.8) is 0 Å². The number of carbonyl (C=O) groups is 1. The maximum atomic E-state index is 12.1. The normalized spacial score (nSPS) is 24.6. The number of aromatic nitrogens is 1. The van der Waals surface area contributed by atoms with E-state index in [-0.39, 0.29) is 12.1 Å². The molecule has 1 aromatic carbocycles. The molecule has 1 aromatic heterocycles. The van der Waals surface area contributed by atoms with Crippen molar-refractivity contribution in [1.29, 1.82) is 0 Å². The molecule has 2 fully saturated rings. The van der Waals surface area contributed by atoms with E-state index in [1.54, 1.807) is 6.07 Å². The van der Waals surface area contributed by atoms with E-state index in [1.165, 1.54) is 0 Å². The quantitative estimate of drug-likeness (QED) is 0.812. The lowest BCUT2D eigenvalue weighted by atomic mass is 9.93. The Morgan fingerprint density at radius 3 is 2.83 bits per heavy atom. The fourth-order valence-corrected chi connectivity index (χ4v) is 3.14. The third kappa shape index (κ3) is 3.17. The van der Waals surface area contributed by atoms with Gasteiger partial charge in [-0.1, -0.05) is 12.8 Å². The van der Waals surface area contributed by atoms with E-state index in [0.29, 0.717) is 11.6 Å². The Kier molecular flexibility index (Phi) is 3.69. The molecular weight excluding hydrogens is 294 g/mol. The van der Waals surface area contributed by atoms with Gasteiger partial charge in [0.05, 0.1) is 12.1 Å². The molecule has 23 heavy (non-hydrogen) atoms. The third-order valence-electron chi connectivity index (χ3n) is 4.63. The number of rotatable bonds is 3. The zero-order valence-corrected chi connectivity index (χ0v) is 12.9. The van der Waals surface area contributed by atoms with Crippen LogP contribution >= 0.6 is 0 Å². The summed E-state index contributed by atoms with van der Waals surface area (Å²) in [6.45, 7) is 0. The highest BCUT2D eigenvalue weighted by atomic mass is 16.3. The molecule has 2 unspecified atom stereocenters. The molecule has 2 amide bonds. The van der Waals surface area contributed by atoms with Crippen LogP contribution in [0.1, 0.15) is 50.3 Å². The minimum Gasteiger partial charge on any atom is -0.440 e. The highest BCUT2D eigenvalue weighted by molar-refractivity contribution is 5.91. The summed E-state index contributed by atoms with van der Waals surface area (Å²) < 4.78 is 5.71. The van der Waals surface area contributed by atoms with Crippen LogP contribution in [0, 0.1) is 0 Å². The van der Waals surface area contributed by atoms with Crippen LogP contribution in [0.25, 0.3) is 11.1 Å². The summed E-state index contributed by atoms with van der Waals surface area (Å²) in [4.78, 5) is 16.6. The highest BCUT2D eigenvalue weighted by Gasteiger charge is 2.29. The summed E-state index contributed by atoms with van der Waals surface area (Å²) in [5.41, 5.74) is 2.19. The Morgan fingerprint density at radius 2 is 2.04 bits per heavy atom. The lowest BCUT2D eigenvalue weighted by molar-refractivity contribution is 0.0955. The van der Waals surface area contributed by atoms with Gasteiger partial charge in [0.25, 0.3) is 0 Å². The van der Waals surface area contributed by atoms with Gasteiger partial charge in [0.1, 0.15) is 5.52 Å². The number of nitrogens with zero attached hydrogens (tertiary/aromatic N) is 1. The lowest BCUT2D eigenvalue weighted by Gasteiger charge is -2.28. The Morgan fingerprint density at radius 1 is 1.22 bits per heavy atom. The third-order valence-corrected chi connectivity index (χ3v) is 4.63. The second-order valence-electron chi connectivity index (χ2n) is 6.57. The molecule has 6 heteroatoms. The van der Waals surface area contributed by atoms with E-state index < -0.39 is 6.10 Å². The summed E-state index contributed by atoms with van der Waals surface area (Å²) in [6.07, 6.45) is 5.47. The van der Waals surface area contributed by atoms with Crippen LogP contribution in [0.5, 0.6) is 0 Å². The molecule has 1 heterocycles. The number of nitrogens with one attached hydrogen (secondary N) is 2. The minimum atomic E-state index is -0.450. The largest absolute Gasteiger partial charge is 0.440 e. The fourth-order valence-electron chi connectivity index (χ4n) is 3.14. The summed E-state index contributed by atoms with van der Waals surface area (Å²) in [5, 5.41) is 15.6. The molecule has 2 saturated carbocycles. The zero-order chi connectivity index (χ0) is 15.8. The predicted octanol–water partition coefficient (Wildman–Crippen LogP) is 3.13. The zero-order valence-electron chi connectivity index (χ0n) is 12.9. The molecule has 122 valence electrons. The Balaban J connectivity index is 1.43. The highest BCUT2D eigenvalue weighted by Crippen LogP contribution is 2.40. The van der Waals surface area contributed by atoms with Gasteiger partial charge in [-0.15, -0.1) is 0 Å². The molecule has 0 spiro atoms. The topological polar surface area (TPSA) is 87.4 Å². The molecule has 4 rings (SSSR count). The standard InChI is InChI=1S/C17H21N3O3/c21-14-4-2-1-3-12(14)20-17(22)18-11-7-8-15-13(9-11)19-16(23-15)10-5-6-10/h7-10,12,14,21H,1-6H2,(H2,18,20,22). The number of carbonyl (C=O) groups excluding carboxylic acids is 1. The van der Waals surface area contributed by atoms with Crippen molar-refractivity contribution in [3.8, 4) is 0 Å². The van der Waals surface area contributed by atoms with Crippen molar-refractivity contribution in [1.82, 2.24) is 10.3 Å². The number of amides is 2. The summed E-state index contributed by atoms with van der Waals surface area (Å²) in [5.74, 6) is 1.27. The number of aliphatic hydroxyl groups excluding tert-OH is 1. The molecule has 6 nitrogen and oxygen atoms in total. The first-order valence-corrected chi connectivity index (χ1v) is 8.35. The van der Waals surface area contributed by atoms with Crippen molar-refractivity contribution < 1.29 is 14.3 Å². The van der Waals surface area contributed by atoms with Crippen molar-refractivity contribution in [2.75, 3.05) is 5.32 Å². The van der Waals surface area contributed by atoms with E-state index in [0.717, 1.165) is 55.5 Å². The van der Waals surface area contributed by atoms with Crippen molar-refractivity contribution in [3.05, 3.63) is 24.1 Å². The van der Waals surface area contributed by atoms with Crippen LogP contribution in [0.15, 0.2) is 22.6 Å². The summed E-state index contributed by atoms with van der Waals surface area (Å²) in [6, 6.07) is 5.00. The molecule has 0 saturated heterocycles. The maximum absolute atomic E-state index is 12.1. The second kappa shape index (κ2) is 5.85. The number of anilines is 1. The molecule has 2 aliphatic rings. The van der Waals surface area contributed by atoms with E-state index in [2.05, 4.69) is 15.6 Å². The second-order valence-corrected chi connectivity index (χ2v) is 6.57. The smallest absolute Gasteiger partial charge is 0.319 e. The first kappa shape index (κ1) is 14.5. The van der Waals surface area contributed by atoms with E-state index in [1.807, 2.05) is 12.1 Å². The van der Waals surface area contributed by atoms with Gasteiger partial charge >= 0.3 is 6.03 Å². The van der Waals surface area contributed by atoms with E-state index in [9.17, 15) is 9.90 Å². The number of hydrogen-bond acceptors (Lipinski definition) is 4. The monoisotopic (exact) mass is 315 g/mol. The van der Waals surface area contributed by atoms with Gasteiger partial charge in [0, 0.05) is 11.6 Å². The van der Waals surface area contributed by atoms with Gasteiger partial charge in [-0.2, -0.15) is 0 Å². The SMILES string of the molecule is O=C(Nc1ccc2oc(C3CC3)nc2c1)NC1CCCCC1O. The van der Waals surface area contributed by atoms with Crippen LogP contribution in [0.4, 0.5) is 10.5 Å². The first-order valence-electron chi connectivity index (χ1n) is 8.35. The average molecular weight is 315 g/mol. The van der Waals surface area contributed by atoms with Crippen LogP contribution < -0.4 is 10.6 Å². The Bertz CT molecular complexity index is 723. The van der Waals surface area contributed by atoms with Crippen LogP contribution in [-0.2, 0) is 0 Å². The van der Waals surface area contributed by atoms with Crippen LogP contribution in [0.3, 0.4) is 0 Å². The first-order chi connectivity index (χ1) is 11.2. The molecule has 2 atom stereocenters. The van der Waals surface area contributed by atoms with Gasteiger partial charge in [-0.05, 0) is 43.9 Å². The molecule has 3 N–H and O–H groups in total.